The molecule has 3 unspecified atom stereocenters. The summed E-state index contributed by atoms with van der Waals surface area (Å²) in [5.41, 5.74) is 11.2. The number of rotatable bonds is 10. The first kappa shape index (κ1) is 29.0. The molecule has 210 valence electrons. The number of Topliss-reactive ketones (excluding diaryl/α,β-unsaturated/α-hetero) is 2. The van der Waals surface area contributed by atoms with Crippen LogP contribution < -0.4 is 0 Å². The number of hydrogen-bond acceptors (Lipinski definition) is 2. The standard InChI is InChI=1S/C37H46O2.2H2/c1-24(2)34(37(23-29(37)7)33-17-9-8-12-27(33)5)20-25(3)18-19-35(38)32-16-11-15-31(36(32)39)22-30-14-10-13-26(4)28(6)21-30;;/h8,11-16,21,29,31H,3,9-10,17-20,22-23H2,1-2,4-7H3;2*1H. The predicted octanol–water partition coefficient (Wildman–Crippen LogP) is 10.1. The van der Waals surface area contributed by atoms with Crippen molar-refractivity contribution in [3.05, 3.63) is 105 Å². The van der Waals surface area contributed by atoms with Gasteiger partial charge in [0.05, 0.1) is 5.57 Å². The highest BCUT2D eigenvalue weighted by Gasteiger charge is 2.56. The van der Waals surface area contributed by atoms with E-state index in [-0.39, 0.29) is 25.8 Å². The van der Waals surface area contributed by atoms with Gasteiger partial charge in [-0.05, 0) is 97.1 Å². The van der Waals surface area contributed by atoms with Crippen molar-refractivity contribution in [2.45, 2.75) is 92.9 Å². The van der Waals surface area contributed by atoms with E-state index in [1.54, 1.807) is 11.6 Å². The zero-order chi connectivity index (χ0) is 28.3. The fourth-order valence-corrected chi connectivity index (χ4v) is 6.79. The van der Waals surface area contributed by atoms with Crippen molar-refractivity contribution in [2.75, 3.05) is 0 Å². The van der Waals surface area contributed by atoms with Crippen LogP contribution in [0, 0.1) is 17.3 Å². The molecule has 0 aromatic heterocycles. The molecule has 0 aliphatic heterocycles. The normalized spacial score (nSPS) is 26.4. The second-order valence-corrected chi connectivity index (χ2v) is 12.4. The van der Waals surface area contributed by atoms with Crippen molar-refractivity contribution in [3.8, 4) is 0 Å². The van der Waals surface area contributed by atoms with Crippen LogP contribution in [-0.4, -0.2) is 11.6 Å². The third-order valence-corrected chi connectivity index (χ3v) is 9.32. The van der Waals surface area contributed by atoms with E-state index in [9.17, 15) is 9.59 Å². The van der Waals surface area contributed by atoms with Gasteiger partial charge < -0.3 is 0 Å². The Labute approximate surface area is 239 Å². The largest absolute Gasteiger partial charge is 0.294 e. The van der Waals surface area contributed by atoms with Gasteiger partial charge in [-0.3, -0.25) is 9.59 Å². The number of hydrogen-bond donors (Lipinski definition) is 0. The average molecular weight is 527 g/mol. The molecule has 0 N–H and O–H groups in total. The van der Waals surface area contributed by atoms with E-state index in [2.05, 4.69) is 78.5 Å². The van der Waals surface area contributed by atoms with Crippen molar-refractivity contribution in [1.29, 1.82) is 0 Å². The van der Waals surface area contributed by atoms with Crippen LogP contribution in [0.2, 0.25) is 0 Å². The fourth-order valence-electron chi connectivity index (χ4n) is 6.79. The topological polar surface area (TPSA) is 34.1 Å². The molecule has 4 aliphatic carbocycles. The van der Waals surface area contributed by atoms with Gasteiger partial charge in [-0.15, -0.1) is 0 Å². The van der Waals surface area contributed by atoms with Gasteiger partial charge >= 0.3 is 0 Å². The van der Waals surface area contributed by atoms with Crippen LogP contribution in [0.4, 0.5) is 0 Å². The summed E-state index contributed by atoms with van der Waals surface area (Å²) >= 11 is 0. The first-order valence-electron chi connectivity index (χ1n) is 14.7. The minimum atomic E-state index is -0.277. The third kappa shape index (κ3) is 6.26. The molecular weight excluding hydrogens is 476 g/mol. The summed E-state index contributed by atoms with van der Waals surface area (Å²) in [6, 6.07) is 0. The molecular formula is C37H50O2. The molecule has 0 amide bonds. The van der Waals surface area contributed by atoms with Gasteiger partial charge in [0.15, 0.2) is 11.6 Å². The van der Waals surface area contributed by atoms with Crippen molar-refractivity contribution in [1.82, 2.24) is 0 Å². The van der Waals surface area contributed by atoms with E-state index < -0.39 is 0 Å². The Kier molecular flexibility index (Phi) is 8.94. The summed E-state index contributed by atoms with van der Waals surface area (Å²) in [4.78, 5) is 26.6. The number of carbonyl (C=O) groups is 2. The monoisotopic (exact) mass is 526 g/mol. The van der Waals surface area contributed by atoms with Crippen molar-refractivity contribution >= 4 is 11.6 Å². The Morgan fingerprint density at radius 1 is 1.13 bits per heavy atom. The lowest BCUT2D eigenvalue weighted by molar-refractivity contribution is -0.122. The Hall–Kier alpha value is -3.00. The maximum Gasteiger partial charge on any atom is 0.173 e. The molecule has 1 saturated carbocycles. The minimum Gasteiger partial charge on any atom is -0.294 e. The molecule has 4 aliphatic rings. The lowest BCUT2D eigenvalue weighted by Gasteiger charge is -2.30. The van der Waals surface area contributed by atoms with Gasteiger partial charge in [-0.1, -0.05) is 95.0 Å². The van der Waals surface area contributed by atoms with E-state index in [4.69, 9.17) is 0 Å². The first-order valence-corrected chi connectivity index (χ1v) is 14.7. The predicted molar refractivity (Wildman–Crippen MR) is 168 cm³/mol. The lowest BCUT2D eigenvalue weighted by atomic mass is 9.75. The van der Waals surface area contributed by atoms with Gasteiger partial charge in [-0.25, -0.2) is 0 Å². The van der Waals surface area contributed by atoms with E-state index >= 15 is 0 Å². The molecule has 0 aromatic carbocycles. The Morgan fingerprint density at radius 2 is 1.87 bits per heavy atom. The summed E-state index contributed by atoms with van der Waals surface area (Å²) in [6.45, 7) is 17.7. The molecule has 39 heavy (non-hydrogen) atoms. The molecule has 0 heterocycles. The molecule has 0 aromatic rings. The third-order valence-electron chi connectivity index (χ3n) is 9.32. The molecule has 0 radical (unpaired) electrons. The highest BCUT2D eigenvalue weighted by molar-refractivity contribution is 6.22. The smallest absolute Gasteiger partial charge is 0.173 e. The van der Waals surface area contributed by atoms with Gasteiger partial charge in [0, 0.05) is 20.6 Å². The molecule has 1 fully saturated rings. The van der Waals surface area contributed by atoms with E-state index in [1.807, 2.05) is 12.2 Å². The lowest BCUT2D eigenvalue weighted by Crippen LogP contribution is -2.23. The molecule has 4 rings (SSSR count). The van der Waals surface area contributed by atoms with Crippen LogP contribution in [0.1, 0.15) is 95.8 Å². The maximum absolute atomic E-state index is 13.3. The quantitative estimate of drug-likeness (QED) is 0.210. The van der Waals surface area contributed by atoms with Crippen LogP contribution in [0.25, 0.3) is 0 Å². The SMILES string of the molecule is C=C(CCC(=O)C1=CC=CC(CC2=CCC=C(C)C(C)=C2)C1=O)CC(=C(C)C)C1(C2=C(C)C=CCC2)CC1C.[HH].[HH]. The Bertz CT molecular complexity index is 1320. The molecule has 0 spiro atoms. The van der Waals surface area contributed by atoms with Crippen LogP contribution >= 0.6 is 0 Å². The van der Waals surface area contributed by atoms with Gasteiger partial charge in [0.25, 0.3) is 0 Å². The molecule has 3 atom stereocenters. The van der Waals surface area contributed by atoms with Crippen molar-refractivity contribution < 1.29 is 12.4 Å². The van der Waals surface area contributed by atoms with Gasteiger partial charge in [0.1, 0.15) is 0 Å². The van der Waals surface area contributed by atoms with Crippen LogP contribution in [-0.2, 0) is 9.59 Å². The van der Waals surface area contributed by atoms with Crippen LogP contribution in [0.15, 0.2) is 105 Å². The van der Waals surface area contributed by atoms with Crippen LogP contribution in [0.5, 0.6) is 0 Å². The maximum atomic E-state index is 13.3. The van der Waals surface area contributed by atoms with Crippen molar-refractivity contribution in [2.24, 2.45) is 17.3 Å². The summed E-state index contributed by atoms with van der Waals surface area (Å²) in [5, 5.41) is 0. The molecule has 0 saturated heterocycles. The van der Waals surface area contributed by atoms with Crippen LogP contribution in [0.3, 0.4) is 0 Å². The van der Waals surface area contributed by atoms with E-state index in [0.717, 1.165) is 31.3 Å². The van der Waals surface area contributed by atoms with Crippen molar-refractivity contribution in [3.63, 3.8) is 0 Å². The molecule has 2 heteroatoms. The highest BCUT2D eigenvalue weighted by Crippen LogP contribution is 2.66. The van der Waals surface area contributed by atoms with Gasteiger partial charge in [-0.2, -0.15) is 0 Å². The highest BCUT2D eigenvalue weighted by atomic mass is 16.1. The number of ketones is 2. The Balaban J connectivity index is 0.00000294. The number of carbonyl (C=O) groups excluding carboxylic acids is 2. The number of allylic oxidation sites excluding steroid dienone is 17. The van der Waals surface area contributed by atoms with Gasteiger partial charge in [0.2, 0.25) is 0 Å². The average Bonchev–Trinajstić information content (AvgIpc) is 3.60. The van der Waals surface area contributed by atoms with E-state index in [0.29, 0.717) is 30.8 Å². The summed E-state index contributed by atoms with van der Waals surface area (Å²) < 4.78 is 0. The second-order valence-electron chi connectivity index (χ2n) is 12.4. The zero-order valence-corrected chi connectivity index (χ0v) is 25.0. The summed E-state index contributed by atoms with van der Waals surface area (Å²) in [7, 11) is 0. The summed E-state index contributed by atoms with van der Waals surface area (Å²) in [5.74, 6) is 0.264. The molecule has 2 nitrogen and oxygen atoms in total. The summed E-state index contributed by atoms with van der Waals surface area (Å²) in [6.07, 6.45) is 23.5. The fraction of sp³-hybridized carbons (Fsp3) is 0.459. The second kappa shape index (κ2) is 12.0. The van der Waals surface area contributed by atoms with E-state index in [1.165, 1.54) is 39.9 Å². The molecule has 0 bridgehead atoms. The Morgan fingerprint density at radius 3 is 2.54 bits per heavy atom. The minimum absolute atomic E-state index is 0. The first-order chi connectivity index (χ1) is 18.5. The zero-order valence-electron chi connectivity index (χ0n) is 25.0.